The zero-order valence-corrected chi connectivity index (χ0v) is 12.6. The highest BCUT2D eigenvalue weighted by Gasteiger charge is 2.07. The van der Waals surface area contributed by atoms with Crippen LogP contribution in [0.5, 0.6) is 0 Å². The number of nitrogens with two attached hydrogens (primary N) is 1. The molecule has 102 valence electrons. The summed E-state index contributed by atoms with van der Waals surface area (Å²) in [7, 11) is 0. The molecule has 0 aliphatic carbocycles. The van der Waals surface area contributed by atoms with Gasteiger partial charge in [-0.25, -0.2) is 0 Å². The topological polar surface area (TPSA) is 74.7 Å². The van der Waals surface area contributed by atoms with Gasteiger partial charge in [0.15, 0.2) is 0 Å². The minimum Gasteiger partial charge on any atom is -0.397 e. The first-order valence-electron chi connectivity index (χ1n) is 6.29. The van der Waals surface area contributed by atoms with E-state index in [1.165, 1.54) is 0 Å². The number of hydrogen-bond donors (Lipinski definition) is 2. The average Bonchev–Trinajstić information content (AvgIpc) is 2.52. The molecule has 0 amide bonds. The maximum atomic E-state index is 8.90. The predicted octanol–water partition coefficient (Wildman–Crippen LogP) is 4.19. The van der Waals surface area contributed by atoms with E-state index in [2.05, 4.69) is 32.3 Å². The minimum atomic E-state index is 0.608. The van der Waals surface area contributed by atoms with Crippen molar-refractivity contribution < 1.29 is 0 Å². The Morgan fingerprint density at radius 1 is 1.14 bits per heavy atom. The Morgan fingerprint density at radius 2 is 1.95 bits per heavy atom. The van der Waals surface area contributed by atoms with Crippen molar-refractivity contribution in [3.05, 3.63) is 58.7 Å². The fraction of sp³-hybridized carbons (Fsp3) is 0. The number of nitrogens with zero attached hydrogens (tertiary/aromatic N) is 2. The van der Waals surface area contributed by atoms with Crippen molar-refractivity contribution in [3.8, 4) is 6.07 Å². The third-order valence-corrected chi connectivity index (χ3v) is 3.82. The molecule has 21 heavy (non-hydrogen) atoms. The molecule has 0 spiro atoms. The lowest BCUT2D eigenvalue weighted by Gasteiger charge is -2.12. The second-order valence-electron chi connectivity index (χ2n) is 4.53. The summed E-state index contributed by atoms with van der Waals surface area (Å²) in [6.07, 6.45) is 1.72. The summed E-state index contributed by atoms with van der Waals surface area (Å²) in [6, 6.07) is 15.1. The number of rotatable bonds is 2. The first-order chi connectivity index (χ1) is 10.2. The Morgan fingerprint density at radius 3 is 2.71 bits per heavy atom. The van der Waals surface area contributed by atoms with Crippen LogP contribution >= 0.6 is 15.9 Å². The van der Waals surface area contributed by atoms with E-state index >= 15 is 0 Å². The van der Waals surface area contributed by atoms with Crippen molar-refractivity contribution in [3.63, 3.8) is 0 Å². The zero-order valence-electron chi connectivity index (χ0n) is 11.0. The van der Waals surface area contributed by atoms with Crippen LogP contribution in [-0.4, -0.2) is 4.98 Å². The van der Waals surface area contributed by atoms with E-state index in [0.29, 0.717) is 11.3 Å². The number of nitriles is 1. The molecule has 0 unspecified atom stereocenters. The number of hydrogen-bond acceptors (Lipinski definition) is 4. The second-order valence-corrected chi connectivity index (χ2v) is 5.39. The van der Waals surface area contributed by atoms with Gasteiger partial charge in [0, 0.05) is 21.7 Å². The lowest BCUT2D eigenvalue weighted by molar-refractivity contribution is 1.41. The van der Waals surface area contributed by atoms with Crippen LogP contribution in [0.2, 0.25) is 0 Å². The van der Waals surface area contributed by atoms with Crippen LogP contribution < -0.4 is 11.1 Å². The molecule has 2 aromatic carbocycles. The summed E-state index contributed by atoms with van der Waals surface area (Å²) in [5.41, 5.74) is 9.77. The van der Waals surface area contributed by atoms with Gasteiger partial charge in [-0.3, -0.25) is 4.98 Å². The molecule has 3 aromatic rings. The number of fused-ring (bicyclic) bond motifs is 1. The van der Waals surface area contributed by atoms with Crippen molar-refractivity contribution in [1.82, 2.24) is 4.98 Å². The van der Waals surface area contributed by atoms with E-state index in [4.69, 9.17) is 11.0 Å². The fourth-order valence-electron chi connectivity index (χ4n) is 2.13. The maximum Gasteiger partial charge on any atom is 0.0992 e. The molecule has 0 aliphatic heterocycles. The van der Waals surface area contributed by atoms with Gasteiger partial charge in [0.05, 0.1) is 28.5 Å². The van der Waals surface area contributed by atoms with Gasteiger partial charge in [-0.1, -0.05) is 0 Å². The normalized spacial score (nSPS) is 10.3. The number of nitrogen functional groups attached to an aromatic ring is 1. The van der Waals surface area contributed by atoms with E-state index in [-0.39, 0.29) is 0 Å². The van der Waals surface area contributed by atoms with Gasteiger partial charge in [-0.2, -0.15) is 5.26 Å². The second kappa shape index (κ2) is 5.43. The Labute approximate surface area is 130 Å². The third-order valence-electron chi connectivity index (χ3n) is 3.17. The number of halogens is 1. The zero-order chi connectivity index (χ0) is 14.8. The molecule has 3 N–H and O–H groups in total. The van der Waals surface area contributed by atoms with Crippen molar-refractivity contribution in [2.24, 2.45) is 0 Å². The lowest BCUT2D eigenvalue weighted by atomic mass is 10.1. The third kappa shape index (κ3) is 2.54. The Hall–Kier alpha value is -2.58. The van der Waals surface area contributed by atoms with Crippen molar-refractivity contribution in [2.75, 3.05) is 11.1 Å². The molecule has 0 saturated heterocycles. The largest absolute Gasteiger partial charge is 0.397 e. The predicted molar refractivity (Wildman–Crippen MR) is 88.3 cm³/mol. The summed E-state index contributed by atoms with van der Waals surface area (Å²) >= 11 is 3.47. The lowest BCUT2D eigenvalue weighted by Crippen LogP contribution is -1.96. The van der Waals surface area contributed by atoms with E-state index in [9.17, 15) is 0 Å². The number of benzene rings is 2. The molecule has 0 aliphatic rings. The Balaban J connectivity index is 2.07. The van der Waals surface area contributed by atoms with Gasteiger partial charge in [0.1, 0.15) is 0 Å². The van der Waals surface area contributed by atoms with Crippen LogP contribution in [0.3, 0.4) is 0 Å². The van der Waals surface area contributed by atoms with Gasteiger partial charge >= 0.3 is 0 Å². The monoisotopic (exact) mass is 338 g/mol. The molecule has 1 aromatic heterocycles. The van der Waals surface area contributed by atoms with Crippen LogP contribution in [0.25, 0.3) is 10.9 Å². The number of aromatic nitrogens is 1. The molecule has 0 saturated carbocycles. The van der Waals surface area contributed by atoms with Gasteiger partial charge < -0.3 is 11.1 Å². The van der Waals surface area contributed by atoms with E-state index in [1.54, 1.807) is 18.3 Å². The molecule has 1 heterocycles. The minimum absolute atomic E-state index is 0.608. The number of nitrogens with one attached hydrogen (secondary N) is 1. The molecular weight excluding hydrogens is 328 g/mol. The molecule has 0 fully saturated rings. The number of anilines is 3. The van der Waals surface area contributed by atoms with E-state index in [0.717, 1.165) is 26.8 Å². The molecular formula is C16H11BrN4. The summed E-state index contributed by atoms with van der Waals surface area (Å²) in [5, 5.41) is 13.2. The Kier molecular flexibility index (Phi) is 3.46. The van der Waals surface area contributed by atoms with E-state index < -0.39 is 0 Å². The van der Waals surface area contributed by atoms with Crippen molar-refractivity contribution in [1.29, 1.82) is 5.26 Å². The summed E-state index contributed by atoms with van der Waals surface area (Å²) < 4.78 is 0.829. The highest BCUT2D eigenvalue weighted by atomic mass is 79.9. The maximum absolute atomic E-state index is 8.90. The standard InChI is InChI=1S/C16H11BrN4/c17-12-8-10(9-18)3-5-15(12)21-14-6-4-13(19)16-11(14)2-1-7-20-16/h1-8,21H,19H2. The summed E-state index contributed by atoms with van der Waals surface area (Å²) in [6.45, 7) is 0. The van der Waals surface area contributed by atoms with E-state index in [1.807, 2.05) is 30.3 Å². The molecule has 0 atom stereocenters. The highest BCUT2D eigenvalue weighted by molar-refractivity contribution is 9.10. The van der Waals surface area contributed by atoms with Crippen LogP contribution in [0.4, 0.5) is 17.1 Å². The summed E-state index contributed by atoms with van der Waals surface area (Å²) in [5.74, 6) is 0. The quantitative estimate of drug-likeness (QED) is 0.687. The van der Waals surface area contributed by atoms with Crippen molar-refractivity contribution in [2.45, 2.75) is 0 Å². The molecule has 5 heteroatoms. The fourth-order valence-corrected chi connectivity index (χ4v) is 2.61. The van der Waals surface area contributed by atoms with Gasteiger partial charge in [0.25, 0.3) is 0 Å². The van der Waals surface area contributed by atoms with Crippen LogP contribution in [0, 0.1) is 11.3 Å². The van der Waals surface area contributed by atoms with Crippen LogP contribution in [0.15, 0.2) is 53.1 Å². The molecule has 3 rings (SSSR count). The number of pyridine rings is 1. The highest BCUT2D eigenvalue weighted by Crippen LogP contribution is 2.32. The molecule has 4 nitrogen and oxygen atoms in total. The summed E-state index contributed by atoms with van der Waals surface area (Å²) in [4.78, 5) is 4.31. The van der Waals surface area contributed by atoms with Crippen molar-refractivity contribution >= 4 is 43.9 Å². The van der Waals surface area contributed by atoms with Gasteiger partial charge in [-0.05, 0) is 58.4 Å². The average molecular weight is 339 g/mol. The smallest absolute Gasteiger partial charge is 0.0992 e. The van der Waals surface area contributed by atoms with Crippen LogP contribution in [0.1, 0.15) is 5.56 Å². The first kappa shape index (κ1) is 13.4. The van der Waals surface area contributed by atoms with Gasteiger partial charge in [0.2, 0.25) is 0 Å². The van der Waals surface area contributed by atoms with Crippen LogP contribution in [-0.2, 0) is 0 Å². The SMILES string of the molecule is N#Cc1ccc(Nc2ccc(N)c3ncccc23)c(Br)c1. The Bertz CT molecular complexity index is 868. The molecule has 0 bridgehead atoms. The molecule has 0 radical (unpaired) electrons. The first-order valence-corrected chi connectivity index (χ1v) is 7.08. The van der Waals surface area contributed by atoms with Gasteiger partial charge in [-0.15, -0.1) is 0 Å².